The minimum Gasteiger partial charge on any atom is -0.260 e. The van der Waals surface area contributed by atoms with Crippen molar-refractivity contribution >= 4 is 0 Å². The Morgan fingerprint density at radius 1 is 1.45 bits per heavy atom. The Morgan fingerprint density at radius 3 is 2.91 bits per heavy atom. The van der Waals surface area contributed by atoms with Crippen molar-refractivity contribution in [3.63, 3.8) is 0 Å². The van der Waals surface area contributed by atoms with Crippen LogP contribution in [0.1, 0.15) is 11.4 Å². The average Bonchev–Trinajstić information content (AvgIpc) is 2.01. The van der Waals surface area contributed by atoms with E-state index in [1.165, 1.54) is 6.20 Å². The molecule has 52 valence electrons. The zero-order valence-corrected chi connectivity index (χ0v) is 6.00. The molecule has 0 N–H and O–H groups in total. The molecular weight excluding hydrogens is 138 g/mol. The van der Waals surface area contributed by atoms with Crippen LogP contribution < -0.4 is 0 Å². The molecule has 3 heteroatoms. The van der Waals surface area contributed by atoms with E-state index < -0.39 is 0 Å². The van der Waals surface area contributed by atoms with Gasteiger partial charge in [0.15, 0.2) is 6.07 Å². The summed E-state index contributed by atoms with van der Waals surface area (Å²) in [6.45, 7) is 1.82. The first-order valence-corrected chi connectivity index (χ1v) is 3.01. The number of hydrogen-bond donors (Lipinski definition) is 0. The second-order valence-corrected chi connectivity index (χ2v) is 1.91. The van der Waals surface area contributed by atoms with Crippen LogP contribution in [0.3, 0.4) is 0 Å². The van der Waals surface area contributed by atoms with Crippen molar-refractivity contribution in [3.05, 3.63) is 23.8 Å². The molecule has 1 aromatic rings. The van der Waals surface area contributed by atoms with Crippen LogP contribution in [-0.4, -0.2) is 9.97 Å². The average molecular weight is 143 g/mol. The first kappa shape index (κ1) is 7.24. The predicted octanol–water partition coefficient (Wildman–Crippen LogP) is 0.660. The Kier molecular flexibility index (Phi) is 2.20. The van der Waals surface area contributed by atoms with Crippen LogP contribution in [0.25, 0.3) is 0 Å². The highest BCUT2D eigenvalue weighted by Crippen LogP contribution is 1.91. The van der Waals surface area contributed by atoms with Crippen LogP contribution in [0.15, 0.2) is 12.4 Å². The molecule has 0 amide bonds. The van der Waals surface area contributed by atoms with Gasteiger partial charge in [0.1, 0.15) is 5.69 Å². The van der Waals surface area contributed by atoms with Gasteiger partial charge in [-0.25, -0.2) is 4.98 Å². The van der Waals surface area contributed by atoms with E-state index in [2.05, 4.69) is 21.8 Å². The maximum atomic E-state index is 8.13. The Hall–Kier alpha value is -1.87. The summed E-state index contributed by atoms with van der Waals surface area (Å²) in [5.74, 6) is 4.80. The van der Waals surface area contributed by atoms with Gasteiger partial charge in [-0.3, -0.25) is 4.98 Å². The molecule has 0 aromatic carbocycles. The molecule has 1 aromatic heterocycles. The number of rotatable bonds is 0. The Morgan fingerprint density at radius 2 is 2.27 bits per heavy atom. The summed E-state index contributed by atoms with van der Waals surface area (Å²) in [6, 6.07) is 1.71. The van der Waals surface area contributed by atoms with E-state index in [0.717, 1.165) is 5.69 Å². The minimum atomic E-state index is 0.534. The quantitative estimate of drug-likeness (QED) is 0.501. The standard InChI is InChI=1S/C8H5N3/c1-7-5-10-6-8(11-7)3-2-4-9/h5-6H,1H3. The molecule has 0 radical (unpaired) electrons. The summed E-state index contributed by atoms with van der Waals surface area (Å²) in [6.07, 6.45) is 3.16. The third-order valence-electron chi connectivity index (χ3n) is 1.00. The maximum absolute atomic E-state index is 8.13. The molecule has 0 spiro atoms. The number of nitriles is 1. The summed E-state index contributed by atoms with van der Waals surface area (Å²) >= 11 is 0. The SMILES string of the molecule is Cc1cncc(C#CC#N)n1. The molecule has 0 fully saturated rings. The summed E-state index contributed by atoms with van der Waals surface area (Å²) < 4.78 is 0. The topological polar surface area (TPSA) is 49.6 Å². The Balaban J connectivity index is 2.99. The van der Waals surface area contributed by atoms with Gasteiger partial charge in [-0.05, 0) is 12.8 Å². The van der Waals surface area contributed by atoms with Crippen LogP contribution in [-0.2, 0) is 0 Å². The van der Waals surface area contributed by atoms with Gasteiger partial charge in [-0.2, -0.15) is 5.26 Å². The molecule has 0 aliphatic heterocycles. The number of aryl methyl sites for hydroxylation is 1. The lowest BCUT2D eigenvalue weighted by Crippen LogP contribution is -1.87. The zero-order chi connectivity index (χ0) is 8.10. The molecule has 0 unspecified atom stereocenters. The van der Waals surface area contributed by atoms with Gasteiger partial charge in [0.2, 0.25) is 0 Å². The lowest BCUT2D eigenvalue weighted by atomic mass is 10.4. The molecule has 3 nitrogen and oxygen atoms in total. The molecule has 0 saturated carbocycles. The van der Waals surface area contributed by atoms with Gasteiger partial charge in [0.25, 0.3) is 0 Å². The Bertz CT molecular complexity index is 352. The van der Waals surface area contributed by atoms with Crippen LogP contribution >= 0.6 is 0 Å². The van der Waals surface area contributed by atoms with E-state index in [4.69, 9.17) is 5.26 Å². The third-order valence-corrected chi connectivity index (χ3v) is 1.00. The van der Waals surface area contributed by atoms with Gasteiger partial charge < -0.3 is 0 Å². The highest BCUT2D eigenvalue weighted by atomic mass is 14.8. The molecule has 0 saturated heterocycles. The molecule has 0 atom stereocenters. The fourth-order valence-corrected chi connectivity index (χ4v) is 0.616. The lowest BCUT2D eigenvalue weighted by molar-refractivity contribution is 1.10. The van der Waals surface area contributed by atoms with Crippen molar-refractivity contribution in [1.82, 2.24) is 9.97 Å². The van der Waals surface area contributed by atoms with Crippen molar-refractivity contribution in [2.24, 2.45) is 0 Å². The second kappa shape index (κ2) is 3.34. The van der Waals surface area contributed by atoms with Crippen molar-refractivity contribution < 1.29 is 0 Å². The van der Waals surface area contributed by atoms with E-state index in [1.54, 1.807) is 12.3 Å². The maximum Gasteiger partial charge on any atom is 0.152 e. The third kappa shape index (κ3) is 2.08. The van der Waals surface area contributed by atoms with Crippen molar-refractivity contribution in [1.29, 1.82) is 5.26 Å². The van der Waals surface area contributed by atoms with Crippen molar-refractivity contribution in [2.75, 3.05) is 0 Å². The molecule has 11 heavy (non-hydrogen) atoms. The van der Waals surface area contributed by atoms with E-state index in [0.29, 0.717) is 5.69 Å². The van der Waals surface area contributed by atoms with Crippen LogP contribution in [0.2, 0.25) is 0 Å². The van der Waals surface area contributed by atoms with Crippen molar-refractivity contribution in [3.8, 4) is 17.9 Å². The highest BCUT2D eigenvalue weighted by Gasteiger charge is 1.87. The molecule has 1 rings (SSSR count). The van der Waals surface area contributed by atoms with Crippen LogP contribution in [0.5, 0.6) is 0 Å². The zero-order valence-electron chi connectivity index (χ0n) is 6.00. The number of hydrogen-bond acceptors (Lipinski definition) is 3. The van der Waals surface area contributed by atoms with E-state index in [-0.39, 0.29) is 0 Å². The van der Waals surface area contributed by atoms with Crippen molar-refractivity contribution in [2.45, 2.75) is 6.92 Å². The van der Waals surface area contributed by atoms with Crippen LogP contribution in [0, 0.1) is 30.1 Å². The normalized spacial score (nSPS) is 7.64. The number of aromatic nitrogens is 2. The van der Waals surface area contributed by atoms with Gasteiger partial charge >= 0.3 is 0 Å². The fourth-order valence-electron chi connectivity index (χ4n) is 0.616. The predicted molar refractivity (Wildman–Crippen MR) is 39.3 cm³/mol. The molecule has 1 heterocycles. The fraction of sp³-hybridized carbons (Fsp3) is 0.125. The summed E-state index contributed by atoms with van der Waals surface area (Å²) in [4.78, 5) is 7.89. The van der Waals surface area contributed by atoms with Gasteiger partial charge in [0, 0.05) is 12.1 Å². The van der Waals surface area contributed by atoms with Gasteiger partial charge in [0.05, 0.1) is 11.9 Å². The molecule has 0 bridgehead atoms. The number of nitrogens with zero attached hydrogens (tertiary/aromatic N) is 3. The second-order valence-electron chi connectivity index (χ2n) is 1.91. The van der Waals surface area contributed by atoms with Gasteiger partial charge in [-0.15, -0.1) is 0 Å². The van der Waals surface area contributed by atoms with Crippen LogP contribution in [0.4, 0.5) is 0 Å². The van der Waals surface area contributed by atoms with E-state index in [9.17, 15) is 0 Å². The first-order valence-electron chi connectivity index (χ1n) is 3.01. The Labute approximate surface area is 64.7 Å². The molecule has 0 aliphatic carbocycles. The van der Waals surface area contributed by atoms with E-state index in [1.807, 2.05) is 6.92 Å². The van der Waals surface area contributed by atoms with E-state index >= 15 is 0 Å². The summed E-state index contributed by atoms with van der Waals surface area (Å²) in [7, 11) is 0. The first-order chi connectivity index (χ1) is 5.33. The smallest absolute Gasteiger partial charge is 0.152 e. The summed E-state index contributed by atoms with van der Waals surface area (Å²) in [5.41, 5.74) is 1.33. The highest BCUT2D eigenvalue weighted by molar-refractivity contribution is 5.31. The monoisotopic (exact) mass is 143 g/mol. The largest absolute Gasteiger partial charge is 0.260 e. The minimum absolute atomic E-state index is 0.534. The summed E-state index contributed by atoms with van der Waals surface area (Å²) in [5, 5.41) is 8.13. The molecule has 0 aliphatic rings. The van der Waals surface area contributed by atoms with Gasteiger partial charge in [-0.1, -0.05) is 0 Å². The lowest BCUT2D eigenvalue weighted by Gasteiger charge is -1.89. The molecular formula is C8H5N3.